The molecule has 0 aliphatic heterocycles. The molecule has 1 aromatic rings. The lowest BCUT2D eigenvalue weighted by atomic mass is 10.1. The fourth-order valence-corrected chi connectivity index (χ4v) is 1.85. The highest BCUT2D eigenvalue weighted by atomic mass is 16.3. The molecule has 0 heterocycles. The maximum Gasteiger partial charge on any atom is 0.0916 e. The van der Waals surface area contributed by atoms with Crippen LogP contribution in [0, 0.1) is 5.92 Å². The van der Waals surface area contributed by atoms with Crippen molar-refractivity contribution in [2.75, 3.05) is 20.1 Å². The molecule has 1 aromatic carbocycles. The third kappa shape index (κ3) is 5.17. The van der Waals surface area contributed by atoms with E-state index in [1.807, 2.05) is 24.3 Å². The van der Waals surface area contributed by atoms with E-state index in [1.54, 1.807) is 0 Å². The van der Waals surface area contributed by atoms with Crippen LogP contribution in [0.2, 0.25) is 0 Å². The smallest absolute Gasteiger partial charge is 0.0916 e. The molecule has 1 atom stereocenters. The monoisotopic (exact) mass is 250 g/mol. The van der Waals surface area contributed by atoms with Crippen LogP contribution in [-0.4, -0.2) is 30.1 Å². The van der Waals surface area contributed by atoms with Crippen molar-refractivity contribution in [1.29, 1.82) is 0 Å². The van der Waals surface area contributed by atoms with Crippen LogP contribution < -0.4 is 5.73 Å². The normalized spacial score (nSPS) is 13.3. The van der Waals surface area contributed by atoms with Gasteiger partial charge in [0.2, 0.25) is 0 Å². The first-order valence-electron chi connectivity index (χ1n) is 6.68. The van der Waals surface area contributed by atoms with Crippen molar-refractivity contribution in [3.05, 3.63) is 35.4 Å². The predicted octanol–water partition coefficient (Wildman–Crippen LogP) is 2.16. The van der Waals surface area contributed by atoms with Crippen molar-refractivity contribution in [3.63, 3.8) is 0 Å². The molecule has 102 valence electrons. The summed E-state index contributed by atoms with van der Waals surface area (Å²) in [6.45, 7) is 6.68. The Morgan fingerprint density at radius 2 is 1.83 bits per heavy atom. The van der Waals surface area contributed by atoms with Gasteiger partial charge in [0.1, 0.15) is 0 Å². The standard InChI is InChI=1S/C15H26N2O/c1-12(2)8-9-17(3)11-15(18)14-6-4-13(10-16)5-7-14/h4-7,12,15,18H,8-11,16H2,1-3H3. The summed E-state index contributed by atoms with van der Waals surface area (Å²) in [6.07, 6.45) is 0.740. The average Bonchev–Trinajstić information content (AvgIpc) is 2.36. The zero-order valence-electron chi connectivity index (χ0n) is 11.8. The van der Waals surface area contributed by atoms with Crippen molar-refractivity contribution >= 4 is 0 Å². The van der Waals surface area contributed by atoms with Crippen molar-refractivity contribution in [2.45, 2.75) is 32.9 Å². The van der Waals surface area contributed by atoms with E-state index in [-0.39, 0.29) is 0 Å². The summed E-state index contributed by atoms with van der Waals surface area (Å²) >= 11 is 0. The van der Waals surface area contributed by atoms with Crippen LogP contribution in [0.4, 0.5) is 0 Å². The Bertz CT molecular complexity index is 335. The van der Waals surface area contributed by atoms with Gasteiger partial charge in [-0.3, -0.25) is 0 Å². The van der Waals surface area contributed by atoms with Gasteiger partial charge in [-0.1, -0.05) is 38.1 Å². The van der Waals surface area contributed by atoms with Crippen molar-refractivity contribution < 1.29 is 5.11 Å². The minimum atomic E-state index is -0.422. The maximum atomic E-state index is 10.1. The summed E-state index contributed by atoms with van der Waals surface area (Å²) in [7, 11) is 2.06. The van der Waals surface area contributed by atoms with Crippen LogP contribution in [0.15, 0.2) is 24.3 Å². The molecule has 3 heteroatoms. The third-order valence-electron chi connectivity index (χ3n) is 3.17. The second-order valence-electron chi connectivity index (χ2n) is 5.41. The number of benzene rings is 1. The molecular formula is C15H26N2O. The van der Waals surface area contributed by atoms with E-state index in [4.69, 9.17) is 5.73 Å². The van der Waals surface area contributed by atoms with Crippen LogP contribution in [0.1, 0.15) is 37.5 Å². The molecule has 0 amide bonds. The molecule has 0 fully saturated rings. The molecule has 3 N–H and O–H groups in total. The minimum absolute atomic E-state index is 0.422. The number of aliphatic hydroxyl groups is 1. The van der Waals surface area contributed by atoms with Crippen molar-refractivity contribution in [1.82, 2.24) is 4.90 Å². The van der Waals surface area contributed by atoms with Gasteiger partial charge in [0.05, 0.1) is 6.10 Å². The van der Waals surface area contributed by atoms with Gasteiger partial charge in [-0.15, -0.1) is 0 Å². The largest absolute Gasteiger partial charge is 0.387 e. The fourth-order valence-electron chi connectivity index (χ4n) is 1.85. The summed E-state index contributed by atoms with van der Waals surface area (Å²) in [5, 5.41) is 10.1. The molecule has 0 aromatic heterocycles. The highest BCUT2D eigenvalue weighted by Crippen LogP contribution is 2.15. The molecule has 3 nitrogen and oxygen atoms in total. The zero-order valence-corrected chi connectivity index (χ0v) is 11.8. The number of hydrogen-bond donors (Lipinski definition) is 2. The van der Waals surface area contributed by atoms with Crippen LogP contribution >= 0.6 is 0 Å². The van der Waals surface area contributed by atoms with Gasteiger partial charge >= 0.3 is 0 Å². The van der Waals surface area contributed by atoms with Crippen LogP contribution in [0.5, 0.6) is 0 Å². The first kappa shape index (κ1) is 15.2. The molecule has 0 spiro atoms. The summed E-state index contributed by atoms with van der Waals surface area (Å²) in [4.78, 5) is 2.18. The highest BCUT2D eigenvalue weighted by molar-refractivity contribution is 5.24. The number of nitrogens with zero attached hydrogens (tertiary/aromatic N) is 1. The van der Waals surface area contributed by atoms with Crippen molar-refractivity contribution in [2.24, 2.45) is 11.7 Å². The molecule has 0 bridgehead atoms. The van der Waals surface area contributed by atoms with Gasteiger partial charge in [-0.25, -0.2) is 0 Å². The van der Waals surface area contributed by atoms with Gasteiger partial charge in [0.25, 0.3) is 0 Å². The Balaban J connectivity index is 2.45. The Morgan fingerprint density at radius 3 is 2.33 bits per heavy atom. The first-order chi connectivity index (χ1) is 8.52. The first-order valence-corrected chi connectivity index (χ1v) is 6.68. The number of nitrogens with two attached hydrogens (primary N) is 1. The lowest BCUT2D eigenvalue weighted by Crippen LogP contribution is -2.26. The highest BCUT2D eigenvalue weighted by Gasteiger charge is 2.10. The van der Waals surface area contributed by atoms with Gasteiger partial charge < -0.3 is 15.7 Å². The molecule has 0 saturated heterocycles. The van der Waals surface area contributed by atoms with Crippen LogP contribution in [0.3, 0.4) is 0 Å². The molecule has 0 aliphatic rings. The number of rotatable bonds is 7. The lowest BCUT2D eigenvalue weighted by molar-refractivity contribution is 0.124. The second-order valence-corrected chi connectivity index (χ2v) is 5.41. The SMILES string of the molecule is CC(C)CCN(C)CC(O)c1ccc(CN)cc1. The van der Waals surface area contributed by atoms with Crippen LogP contribution in [-0.2, 0) is 6.54 Å². The molecule has 18 heavy (non-hydrogen) atoms. The van der Waals surface area contributed by atoms with Gasteiger partial charge in [-0.2, -0.15) is 0 Å². The second kappa shape index (κ2) is 7.52. The third-order valence-corrected chi connectivity index (χ3v) is 3.17. The van der Waals surface area contributed by atoms with E-state index in [2.05, 4.69) is 25.8 Å². The minimum Gasteiger partial charge on any atom is -0.387 e. The molecule has 1 rings (SSSR count). The van der Waals surface area contributed by atoms with E-state index < -0.39 is 6.10 Å². The number of hydrogen-bond acceptors (Lipinski definition) is 3. The van der Waals surface area contributed by atoms with E-state index in [0.29, 0.717) is 19.0 Å². The van der Waals surface area contributed by atoms with Crippen molar-refractivity contribution in [3.8, 4) is 0 Å². The van der Waals surface area contributed by atoms with Gasteiger partial charge in [0.15, 0.2) is 0 Å². The van der Waals surface area contributed by atoms with E-state index in [9.17, 15) is 5.11 Å². The Kier molecular flexibility index (Phi) is 6.33. The van der Waals surface area contributed by atoms with E-state index in [0.717, 1.165) is 24.1 Å². The average molecular weight is 250 g/mol. The molecular weight excluding hydrogens is 224 g/mol. The number of aliphatic hydroxyl groups excluding tert-OH is 1. The molecule has 0 aliphatic carbocycles. The Hall–Kier alpha value is -0.900. The molecule has 0 radical (unpaired) electrons. The molecule has 0 saturated carbocycles. The fraction of sp³-hybridized carbons (Fsp3) is 0.600. The predicted molar refractivity (Wildman–Crippen MR) is 76.2 cm³/mol. The maximum absolute atomic E-state index is 10.1. The Morgan fingerprint density at radius 1 is 1.22 bits per heavy atom. The number of likely N-dealkylation sites (N-methyl/N-ethyl adjacent to an activating group) is 1. The topological polar surface area (TPSA) is 49.5 Å². The van der Waals surface area contributed by atoms with E-state index in [1.165, 1.54) is 0 Å². The zero-order chi connectivity index (χ0) is 13.5. The summed E-state index contributed by atoms with van der Waals surface area (Å²) in [6, 6.07) is 7.88. The lowest BCUT2D eigenvalue weighted by Gasteiger charge is -2.21. The summed E-state index contributed by atoms with van der Waals surface area (Å²) in [5.41, 5.74) is 7.61. The summed E-state index contributed by atoms with van der Waals surface area (Å²) < 4.78 is 0. The van der Waals surface area contributed by atoms with E-state index >= 15 is 0 Å². The van der Waals surface area contributed by atoms with Gasteiger partial charge in [0, 0.05) is 13.1 Å². The Labute approximate surface area is 111 Å². The summed E-state index contributed by atoms with van der Waals surface area (Å²) in [5.74, 6) is 0.702. The molecule has 1 unspecified atom stereocenters. The van der Waals surface area contributed by atoms with Crippen LogP contribution in [0.25, 0.3) is 0 Å². The quantitative estimate of drug-likeness (QED) is 0.779. The van der Waals surface area contributed by atoms with Gasteiger partial charge in [-0.05, 0) is 37.1 Å².